The Hall–Kier alpha value is -2.04. The number of rotatable bonds is 7. The first-order valence-corrected chi connectivity index (χ1v) is 7.12. The summed E-state index contributed by atoms with van der Waals surface area (Å²) >= 11 is 0. The highest BCUT2D eigenvalue weighted by molar-refractivity contribution is 5.79. The number of amides is 2. The number of hydrogen-bond acceptors (Lipinski definition) is 3. The van der Waals surface area contributed by atoms with Gasteiger partial charge in [-0.25, -0.2) is 0 Å². The number of nitrogens with one attached hydrogen (secondary N) is 2. The zero-order valence-electron chi connectivity index (χ0n) is 13.2. The van der Waals surface area contributed by atoms with Crippen LogP contribution in [0.15, 0.2) is 18.2 Å². The lowest BCUT2D eigenvalue weighted by molar-refractivity contribution is -0.121. The van der Waals surface area contributed by atoms with Crippen LogP contribution in [0.2, 0.25) is 0 Å². The maximum atomic E-state index is 11.9. The molecule has 2 amide bonds. The van der Waals surface area contributed by atoms with Crippen LogP contribution in [0.5, 0.6) is 5.75 Å². The second-order valence-corrected chi connectivity index (χ2v) is 5.24. The van der Waals surface area contributed by atoms with Gasteiger partial charge in [-0.3, -0.25) is 9.59 Å². The summed E-state index contributed by atoms with van der Waals surface area (Å²) in [6.07, 6.45) is 0.265. The Balaban J connectivity index is 2.57. The number of benzene rings is 1. The van der Waals surface area contributed by atoms with E-state index in [-0.39, 0.29) is 18.2 Å². The second kappa shape index (κ2) is 8.29. The third kappa shape index (κ3) is 5.85. The van der Waals surface area contributed by atoms with Crippen molar-refractivity contribution in [2.45, 2.75) is 33.1 Å². The summed E-state index contributed by atoms with van der Waals surface area (Å²) < 4.78 is 5.36. The lowest BCUT2D eigenvalue weighted by atomic mass is 9.99. The first kappa shape index (κ1) is 17.0. The van der Waals surface area contributed by atoms with Crippen LogP contribution < -0.4 is 15.4 Å². The number of methoxy groups -OCH3 is 1. The standard InChI is InChI=1S/C16H24N2O3/c1-11(2)13-5-6-14(15(9-13)21-4)10-16(20)18-8-7-17-12(3)19/h5-6,9,11H,7-8,10H2,1-4H3,(H,17,19)(H,18,20). The second-order valence-electron chi connectivity index (χ2n) is 5.24. The van der Waals surface area contributed by atoms with E-state index in [0.717, 1.165) is 11.3 Å². The van der Waals surface area contributed by atoms with Gasteiger partial charge in [-0.05, 0) is 17.5 Å². The van der Waals surface area contributed by atoms with Crippen LogP contribution in [0.1, 0.15) is 37.8 Å². The van der Waals surface area contributed by atoms with Crippen molar-refractivity contribution >= 4 is 11.8 Å². The minimum atomic E-state index is -0.102. The molecule has 0 aliphatic rings. The molecule has 0 bridgehead atoms. The van der Waals surface area contributed by atoms with Crippen LogP contribution in [0.3, 0.4) is 0 Å². The molecule has 5 nitrogen and oxygen atoms in total. The summed E-state index contributed by atoms with van der Waals surface area (Å²) in [6, 6.07) is 5.93. The molecule has 0 radical (unpaired) electrons. The molecule has 1 aromatic rings. The molecule has 0 saturated heterocycles. The third-order valence-corrected chi connectivity index (χ3v) is 3.15. The summed E-state index contributed by atoms with van der Waals surface area (Å²) in [5, 5.41) is 5.39. The van der Waals surface area contributed by atoms with Crippen molar-refractivity contribution in [2.75, 3.05) is 20.2 Å². The zero-order chi connectivity index (χ0) is 15.8. The summed E-state index contributed by atoms with van der Waals surface area (Å²) in [4.78, 5) is 22.6. The van der Waals surface area contributed by atoms with Gasteiger partial charge in [0.15, 0.2) is 0 Å². The van der Waals surface area contributed by atoms with Crippen LogP contribution in [0, 0.1) is 0 Å². The Morgan fingerprint density at radius 2 is 1.86 bits per heavy atom. The molecule has 0 saturated carbocycles. The molecule has 21 heavy (non-hydrogen) atoms. The van der Waals surface area contributed by atoms with Crippen LogP contribution in [-0.2, 0) is 16.0 Å². The van der Waals surface area contributed by atoms with E-state index < -0.39 is 0 Å². The molecular weight excluding hydrogens is 268 g/mol. The highest BCUT2D eigenvalue weighted by atomic mass is 16.5. The maximum absolute atomic E-state index is 11.9. The lowest BCUT2D eigenvalue weighted by Gasteiger charge is -2.13. The van der Waals surface area contributed by atoms with Crippen molar-refractivity contribution in [3.8, 4) is 5.75 Å². The minimum Gasteiger partial charge on any atom is -0.496 e. The van der Waals surface area contributed by atoms with Crippen LogP contribution in [0.25, 0.3) is 0 Å². The Kier molecular flexibility index (Phi) is 6.72. The van der Waals surface area contributed by atoms with Crippen molar-refractivity contribution in [3.63, 3.8) is 0 Å². The van der Waals surface area contributed by atoms with Gasteiger partial charge in [-0.2, -0.15) is 0 Å². The van der Waals surface area contributed by atoms with E-state index in [0.29, 0.717) is 19.0 Å². The molecule has 1 aromatic carbocycles. The van der Waals surface area contributed by atoms with Crippen LogP contribution >= 0.6 is 0 Å². The van der Waals surface area contributed by atoms with E-state index >= 15 is 0 Å². The quantitative estimate of drug-likeness (QED) is 0.750. The topological polar surface area (TPSA) is 67.4 Å². The number of carbonyl (C=O) groups is 2. The third-order valence-electron chi connectivity index (χ3n) is 3.15. The normalized spacial score (nSPS) is 10.3. The maximum Gasteiger partial charge on any atom is 0.224 e. The molecule has 0 spiro atoms. The first-order chi connectivity index (χ1) is 9.93. The van der Waals surface area contributed by atoms with Crippen molar-refractivity contribution in [1.82, 2.24) is 10.6 Å². The van der Waals surface area contributed by atoms with Crippen molar-refractivity contribution < 1.29 is 14.3 Å². The Morgan fingerprint density at radius 3 is 2.43 bits per heavy atom. The van der Waals surface area contributed by atoms with Gasteiger partial charge < -0.3 is 15.4 Å². The molecule has 0 aliphatic heterocycles. The van der Waals surface area contributed by atoms with Gasteiger partial charge in [0.25, 0.3) is 0 Å². The lowest BCUT2D eigenvalue weighted by Crippen LogP contribution is -2.34. The number of hydrogen-bond donors (Lipinski definition) is 2. The fraction of sp³-hybridized carbons (Fsp3) is 0.500. The number of carbonyl (C=O) groups excluding carboxylic acids is 2. The summed E-state index contributed by atoms with van der Waals surface area (Å²) in [6.45, 7) is 6.53. The van der Waals surface area contributed by atoms with E-state index in [1.807, 2.05) is 18.2 Å². The SMILES string of the molecule is COc1cc(C(C)C)ccc1CC(=O)NCCNC(C)=O. The monoisotopic (exact) mass is 292 g/mol. The average molecular weight is 292 g/mol. The molecule has 0 heterocycles. The average Bonchev–Trinajstić information content (AvgIpc) is 2.43. The van der Waals surface area contributed by atoms with E-state index in [1.54, 1.807) is 7.11 Å². The van der Waals surface area contributed by atoms with E-state index in [4.69, 9.17) is 4.74 Å². The fourth-order valence-electron chi connectivity index (χ4n) is 1.94. The minimum absolute atomic E-state index is 0.0871. The smallest absolute Gasteiger partial charge is 0.224 e. The Morgan fingerprint density at radius 1 is 1.19 bits per heavy atom. The molecule has 0 unspecified atom stereocenters. The van der Waals surface area contributed by atoms with Crippen molar-refractivity contribution in [2.24, 2.45) is 0 Å². The largest absolute Gasteiger partial charge is 0.496 e. The highest BCUT2D eigenvalue weighted by Crippen LogP contribution is 2.25. The predicted octanol–water partition coefficient (Wildman–Crippen LogP) is 1.61. The van der Waals surface area contributed by atoms with Crippen molar-refractivity contribution in [3.05, 3.63) is 29.3 Å². The van der Waals surface area contributed by atoms with E-state index in [1.165, 1.54) is 12.5 Å². The van der Waals surface area contributed by atoms with Gasteiger partial charge >= 0.3 is 0 Å². The molecule has 0 aromatic heterocycles. The Labute approximate surface area is 126 Å². The molecule has 1 rings (SSSR count). The zero-order valence-corrected chi connectivity index (χ0v) is 13.2. The van der Waals surface area contributed by atoms with Crippen molar-refractivity contribution in [1.29, 1.82) is 0 Å². The summed E-state index contributed by atoms with van der Waals surface area (Å²) in [5.74, 6) is 0.962. The van der Waals surface area contributed by atoms with Gasteiger partial charge in [0.2, 0.25) is 11.8 Å². The molecular formula is C16H24N2O3. The molecule has 2 N–H and O–H groups in total. The van der Waals surface area contributed by atoms with Gasteiger partial charge in [-0.15, -0.1) is 0 Å². The molecule has 0 aliphatic carbocycles. The predicted molar refractivity (Wildman–Crippen MR) is 82.5 cm³/mol. The first-order valence-electron chi connectivity index (χ1n) is 7.12. The summed E-state index contributed by atoms with van der Waals surface area (Å²) in [7, 11) is 1.61. The van der Waals surface area contributed by atoms with Gasteiger partial charge in [0.05, 0.1) is 13.5 Å². The molecule has 0 fully saturated rings. The van der Waals surface area contributed by atoms with Crippen LogP contribution in [0.4, 0.5) is 0 Å². The fourth-order valence-corrected chi connectivity index (χ4v) is 1.94. The van der Waals surface area contributed by atoms with Gasteiger partial charge in [0, 0.05) is 25.6 Å². The Bertz CT molecular complexity index is 498. The molecule has 116 valence electrons. The van der Waals surface area contributed by atoms with E-state index in [2.05, 4.69) is 24.5 Å². The van der Waals surface area contributed by atoms with Gasteiger partial charge in [0.1, 0.15) is 5.75 Å². The number of ether oxygens (including phenoxy) is 1. The van der Waals surface area contributed by atoms with Crippen LogP contribution in [-0.4, -0.2) is 32.0 Å². The molecule has 5 heteroatoms. The van der Waals surface area contributed by atoms with Gasteiger partial charge in [-0.1, -0.05) is 26.0 Å². The molecule has 0 atom stereocenters. The highest BCUT2D eigenvalue weighted by Gasteiger charge is 2.10. The van der Waals surface area contributed by atoms with E-state index in [9.17, 15) is 9.59 Å². The summed E-state index contributed by atoms with van der Waals surface area (Å²) in [5.41, 5.74) is 2.04.